The van der Waals surface area contributed by atoms with Gasteiger partial charge in [-0.05, 0) is 69.2 Å². The van der Waals surface area contributed by atoms with Crippen LogP contribution in [0.2, 0.25) is 0 Å². The zero-order valence-corrected chi connectivity index (χ0v) is 14.6. The molecular formula is C20H28N2O. The van der Waals surface area contributed by atoms with E-state index in [2.05, 4.69) is 49.0 Å². The van der Waals surface area contributed by atoms with Crippen LogP contribution in [0.5, 0.6) is 0 Å². The van der Waals surface area contributed by atoms with Crippen LogP contribution in [0.1, 0.15) is 49.3 Å². The number of fused-ring (bicyclic) bond motifs is 3. The fraction of sp³-hybridized carbons (Fsp3) is 0.600. The molecule has 3 heteroatoms. The van der Waals surface area contributed by atoms with Gasteiger partial charge in [-0.2, -0.15) is 0 Å². The highest BCUT2D eigenvalue weighted by Gasteiger charge is 2.41. The summed E-state index contributed by atoms with van der Waals surface area (Å²) in [5.74, 6) is 0. The number of aryl methyl sites for hydroxylation is 2. The third-order valence-electron chi connectivity index (χ3n) is 5.96. The number of H-pyrrole nitrogens is 1. The maximum atomic E-state index is 5.93. The maximum Gasteiger partial charge on any atom is 0.0604 e. The van der Waals surface area contributed by atoms with Crippen molar-refractivity contribution >= 4 is 10.9 Å². The number of ether oxygens (including phenoxy) is 1. The van der Waals surface area contributed by atoms with Crippen molar-refractivity contribution in [2.45, 2.75) is 71.2 Å². The Kier molecular flexibility index (Phi) is 3.94. The second-order valence-corrected chi connectivity index (χ2v) is 7.36. The number of piperidine rings is 1. The SMILES string of the molecule is CCOC1CC2CCC(C1)N2Cc1c(C)cc(C)c2[nH]ccc12. The molecule has 3 heterocycles. The van der Waals surface area contributed by atoms with Gasteiger partial charge in [0.1, 0.15) is 0 Å². The van der Waals surface area contributed by atoms with E-state index in [0.29, 0.717) is 18.2 Å². The van der Waals surface area contributed by atoms with Crippen LogP contribution >= 0.6 is 0 Å². The van der Waals surface area contributed by atoms with Crippen molar-refractivity contribution in [2.24, 2.45) is 0 Å². The van der Waals surface area contributed by atoms with Crippen LogP contribution in [-0.4, -0.2) is 34.7 Å². The quantitative estimate of drug-likeness (QED) is 0.911. The zero-order valence-electron chi connectivity index (χ0n) is 14.6. The average Bonchev–Trinajstić information content (AvgIpc) is 3.08. The van der Waals surface area contributed by atoms with Gasteiger partial charge >= 0.3 is 0 Å². The Morgan fingerprint density at radius 1 is 1.17 bits per heavy atom. The van der Waals surface area contributed by atoms with Crippen LogP contribution < -0.4 is 0 Å². The molecule has 0 aliphatic carbocycles. The third-order valence-corrected chi connectivity index (χ3v) is 5.96. The molecule has 2 aliphatic rings. The molecule has 124 valence electrons. The number of aromatic amines is 1. The van der Waals surface area contributed by atoms with Crippen LogP contribution in [0, 0.1) is 13.8 Å². The molecule has 23 heavy (non-hydrogen) atoms. The van der Waals surface area contributed by atoms with Crippen molar-refractivity contribution in [1.82, 2.24) is 9.88 Å². The second-order valence-electron chi connectivity index (χ2n) is 7.36. The van der Waals surface area contributed by atoms with E-state index in [0.717, 1.165) is 13.2 Å². The Bertz CT molecular complexity index is 691. The summed E-state index contributed by atoms with van der Waals surface area (Å²) in [4.78, 5) is 6.18. The van der Waals surface area contributed by atoms with Gasteiger partial charge in [0, 0.05) is 42.3 Å². The van der Waals surface area contributed by atoms with Gasteiger partial charge < -0.3 is 9.72 Å². The lowest BCUT2D eigenvalue weighted by Crippen LogP contribution is -2.45. The van der Waals surface area contributed by atoms with Crippen molar-refractivity contribution in [1.29, 1.82) is 0 Å². The Balaban J connectivity index is 1.61. The molecule has 1 aromatic heterocycles. The summed E-state index contributed by atoms with van der Waals surface area (Å²) >= 11 is 0. The Labute approximate surface area is 139 Å². The first-order chi connectivity index (χ1) is 11.2. The fourth-order valence-corrected chi connectivity index (χ4v) is 4.89. The van der Waals surface area contributed by atoms with Crippen molar-refractivity contribution in [3.8, 4) is 0 Å². The van der Waals surface area contributed by atoms with E-state index < -0.39 is 0 Å². The van der Waals surface area contributed by atoms with Crippen LogP contribution in [0.25, 0.3) is 10.9 Å². The normalized spacial score (nSPS) is 27.9. The highest BCUT2D eigenvalue weighted by atomic mass is 16.5. The Morgan fingerprint density at radius 3 is 2.61 bits per heavy atom. The number of benzene rings is 1. The molecule has 2 fully saturated rings. The van der Waals surface area contributed by atoms with E-state index >= 15 is 0 Å². The number of aromatic nitrogens is 1. The summed E-state index contributed by atoms with van der Waals surface area (Å²) in [6.07, 6.45) is 7.68. The largest absolute Gasteiger partial charge is 0.378 e. The maximum absolute atomic E-state index is 5.93. The van der Waals surface area contributed by atoms with Gasteiger partial charge in [-0.25, -0.2) is 0 Å². The van der Waals surface area contributed by atoms with Crippen molar-refractivity contribution in [3.63, 3.8) is 0 Å². The van der Waals surface area contributed by atoms with Crippen LogP contribution in [0.4, 0.5) is 0 Å². The van der Waals surface area contributed by atoms with Gasteiger partial charge in [0.2, 0.25) is 0 Å². The van der Waals surface area contributed by atoms with Crippen molar-refractivity contribution < 1.29 is 4.74 Å². The van der Waals surface area contributed by atoms with Gasteiger partial charge in [0.15, 0.2) is 0 Å². The van der Waals surface area contributed by atoms with Gasteiger partial charge in [0.25, 0.3) is 0 Å². The summed E-state index contributed by atoms with van der Waals surface area (Å²) in [6, 6.07) is 6.00. The predicted molar refractivity (Wildman–Crippen MR) is 94.8 cm³/mol. The molecule has 1 N–H and O–H groups in total. The lowest BCUT2D eigenvalue weighted by Gasteiger charge is -2.39. The third kappa shape index (κ3) is 2.60. The minimum Gasteiger partial charge on any atom is -0.378 e. The molecule has 0 spiro atoms. The van der Waals surface area contributed by atoms with E-state index in [4.69, 9.17) is 4.74 Å². The highest BCUT2D eigenvalue weighted by Crippen LogP contribution is 2.39. The molecule has 3 nitrogen and oxygen atoms in total. The molecular weight excluding hydrogens is 284 g/mol. The van der Waals surface area contributed by atoms with E-state index in [9.17, 15) is 0 Å². The first-order valence-corrected chi connectivity index (χ1v) is 9.11. The number of hydrogen-bond donors (Lipinski definition) is 1. The summed E-state index contributed by atoms with van der Waals surface area (Å²) in [5.41, 5.74) is 5.60. The first kappa shape index (κ1) is 15.2. The van der Waals surface area contributed by atoms with Gasteiger partial charge in [-0.1, -0.05) is 6.07 Å². The first-order valence-electron chi connectivity index (χ1n) is 9.11. The van der Waals surface area contributed by atoms with E-state index in [1.807, 2.05) is 0 Å². The molecule has 0 amide bonds. The van der Waals surface area contributed by atoms with E-state index in [-0.39, 0.29) is 0 Å². The van der Waals surface area contributed by atoms with Crippen LogP contribution in [0.3, 0.4) is 0 Å². The number of rotatable bonds is 4. The summed E-state index contributed by atoms with van der Waals surface area (Å²) in [6.45, 7) is 8.53. The summed E-state index contributed by atoms with van der Waals surface area (Å²) in [5, 5.41) is 1.41. The average molecular weight is 312 g/mol. The Morgan fingerprint density at radius 2 is 1.91 bits per heavy atom. The number of nitrogens with zero attached hydrogens (tertiary/aromatic N) is 1. The molecule has 4 rings (SSSR count). The topological polar surface area (TPSA) is 28.3 Å². The second kappa shape index (κ2) is 5.95. The minimum absolute atomic E-state index is 0.486. The molecule has 0 radical (unpaired) electrons. The minimum atomic E-state index is 0.486. The van der Waals surface area contributed by atoms with Crippen molar-refractivity contribution in [3.05, 3.63) is 35.0 Å². The molecule has 1 aromatic carbocycles. The molecule has 2 aliphatic heterocycles. The van der Waals surface area contributed by atoms with Crippen LogP contribution in [-0.2, 0) is 11.3 Å². The van der Waals surface area contributed by atoms with E-state index in [1.165, 1.54) is 53.3 Å². The monoisotopic (exact) mass is 312 g/mol. The predicted octanol–water partition coefficient (Wildman–Crippen LogP) is 4.32. The molecule has 0 saturated carbocycles. The lowest BCUT2D eigenvalue weighted by molar-refractivity contribution is -0.0173. The Hall–Kier alpha value is -1.32. The molecule has 2 bridgehead atoms. The summed E-state index contributed by atoms with van der Waals surface area (Å²) in [7, 11) is 0. The standard InChI is InChI=1S/C20H28N2O/c1-4-23-17-10-15-5-6-16(11-17)22(15)12-19-13(2)9-14(3)20-18(19)7-8-21-20/h7-9,15-17,21H,4-6,10-12H2,1-3H3. The summed E-state index contributed by atoms with van der Waals surface area (Å²) < 4.78 is 5.93. The highest BCUT2D eigenvalue weighted by molar-refractivity contribution is 5.86. The number of nitrogens with one attached hydrogen (secondary N) is 1. The lowest BCUT2D eigenvalue weighted by atomic mass is 9.95. The molecule has 2 aromatic rings. The van der Waals surface area contributed by atoms with Gasteiger partial charge in [0.05, 0.1) is 6.10 Å². The molecule has 2 saturated heterocycles. The smallest absolute Gasteiger partial charge is 0.0604 e. The number of hydrogen-bond acceptors (Lipinski definition) is 2. The van der Waals surface area contributed by atoms with Gasteiger partial charge in [-0.3, -0.25) is 4.90 Å². The van der Waals surface area contributed by atoms with Gasteiger partial charge in [-0.15, -0.1) is 0 Å². The van der Waals surface area contributed by atoms with E-state index in [1.54, 1.807) is 0 Å². The molecule has 2 unspecified atom stereocenters. The van der Waals surface area contributed by atoms with Crippen LogP contribution in [0.15, 0.2) is 18.3 Å². The molecule has 2 atom stereocenters. The zero-order chi connectivity index (χ0) is 16.0. The van der Waals surface area contributed by atoms with Crippen molar-refractivity contribution in [2.75, 3.05) is 6.61 Å². The fourth-order valence-electron chi connectivity index (χ4n) is 4.89.